The number of hydrogen-bond donors (Lipinski definition) is 0. The van der Waals surface area contributed by atoms with Crippen LogP contribution in [0.3, 0.4) is 0 Å². The minimum absolute atomic E-state index is 0.121. The first-order valence-electron chi connectivity index (χ1n) is 7.69. The second-order valence-corrected chi connectivity index (χ2v) is 7.44. The van der Waals surface area contributed by atoms with Crippen LogP contribution in [-0.2, 0) is 14.5 Å². The normalized spacial score (nSPS) is 22.0. The van der Waals surface area contributed by atoms with Gasteiger partial charge in [-0.1, -0.05) is 29.8 Å². The van der Waals surface area contributed by atoms with Crippen LogP contribution >= 0.6 is 23.4 Å². The van der Waals surface area contributed by atoms with Gasteiger partial charge in [-0.2, -0.15) is 0 Å². The summed E-state index contributed by atoms with van der Waals surface area (Å²) < 4.78 is 5.19. The maximum Gasteiger partial charge on any atom is 0.268 e. The first-order chi connectivity index (χ1) is 12.0. The molecule has 1 atom stereocenters. The second-order valence-electron chi connectivity index (χ2n) is 5.86. The number of para-hydroxylation sites is 1. The smallest absolute Gasteiger partial charge is 0.268 e. The Balaban J connectivity index is 1.92. The average Bonchev–Trinajstić information content (AvgIpc) is 3.07. The summed E-state index contributed by atoms with van der Waals surface area (Å²) in [6.07, 6.45) is 0. The van der Waals surface area contributed by atoms with Crippen LogP contribution in [0.4, 0.5) is 11.4 Å². The minimum atomic E-state index is -1.08. The van der Waals surface area contributed by atoms with Crippen LogP contribution < -0.4 is 14.5 Å². The molecular weight excluding hydrogens is 360 g/mol. The highest BCUT2D eigenvalue weighted by atomic mass is 35.5. The summed E-state index contributed by atoms with van der Waals surface area (Å²) in [7, 11) is 3.27. The molecule has 1 fully saturated rings. The summed E-state index contributed by atoms with van der Waals surface area (Å²) in [6.45, 7) is 0. The van der Waals surface area contributed by atoms with Crippen LogP contribution in [0.25, 0.3) is 0 Å². The Morgan fingerprint density at radius 1 is 1.20 bits per heavy atom. The zero-order valence-corrected chi connectivity index (χ0v) is 15.2. The predicted octanol–water partition coefficient (Wildman–Crippen LogP) is 3.26. The SMILES string of the molecule is COc1ccc(N2C(=O)CS[C@@]23C(=O)N(C)c2ccccc23)cc1Cl. The number of likely N-dealkylation sites (N-methyl/N-ethyl adjacent to an activating group) is 1. The van der Waals surface area contributed by atoms with Gasteiger partial charge in [0.05, 0.1) is 23.6 Å². The Labute approximate surface area is 154 Å². The molecule has 1 spiro atoms. The van der Waals surface area contributed by atoms with E-state index in [9.17, 15) is 9.59 Å². The molecule has 0 N–H and O–H groups in total. The zero-order valence-electron chi connectivity index (χ0n) is 13.7. The van der Waals surface area contributed by atoms with Gasteiger partial charge in [-0.25, -0.2) is 0 Å². The summed E-state index contributed by atoms with van der Waals surface area (Å²) in [5.41, 5.74) is 2.23. The lowest BCUT2D eigenvalue weighted by Crippen LogP contribution is -2.49. The molecule has 2 aliphatic heterocycles. The van der Waals surface area contributed by atoms with Crippen LogP contribution in [-0.4, -0.2) is 31.7 Å². The average molecular weight is 375 g/mol. The Kier molecular flexibility index (Phi) is 3.70. The predicted molar refractivity (Wildman–Crippen MR) is 99.5 cm³/mol. The number of methoxy groups -OCH3 is 1. The Hall–Kier alpha value is -2.18. The third kappa shape index (κ3) is 2.10. The molecule has 2 heterocycles. The van der Waals surface area contributed by atoms with Gasteiger partial charge >= 0.3 is 0 Å². The summed E-state index contributed by atoms with van der Waals surface area (Å²) in [5.74, 6) is 0.507. The van der Waals surface area contributed by atoms with Gasteiger partial charge in [0, 0.05) is 18.3 Å². The van der Waals surface area contributed by atoms with E-state index >= 15 is 0 Å². The number of anilines is 2. The molecule has 2 aliphatic rings. The van der Waals surface area contributed by atoms with Crippen molar-refractivity contribution in [1.82, 2.24) is 0 Å². The molecule has 1 saturated heterocycles. The number of carbonyl (C=O) groups excluding carboxylic acids is 2. The summed E-state index contributed by atoms with van der Waals surface area (Å²) in [6, 6.07) is 12.7. The van der Waals surface area contributed by atoms with Crippen molar-refractivity contribution in [3.63, 3.8) is 0 Å². The topological polar surface area (TPSA) is 49.9 Å². The molecule has 2 aromatic carbocycles. The maximum atomic E-state index is 13.2. The maximum absolute atomic E-state index is 13.2. The van der Waals surface area contributed by atoms with Gasteiger partial charge in [0.2, 0.25) is 10.8 Å². The van der Waals surface area contributed by atoms with Crippen LogP contribution in [0.15, 0.2) is 42.5 Å². The molecule has 0 saturated carbocycles. The van der Waals surface area contributed by atoms with Crippen LogP contribution in [0.2, 0.25) is 5.02 Å². The highest BCUT2D eigenvalue weighted by Crippen LogP contribution is 2.55. The number of fused-ring (bicyclic) bond motifs is 2. The molecule has 25 heavy (non-hydrogen) atoms. The number of halogens is 1. The molecule has 0 unspecified atom stereocenters. The lowest BCUT2D eigenvalue weighted by atomic mass is 10.0. The standard InChI is InChI=1S/C18H15ClN2O3S/c1-20-14-6-4-3-5-12(14)18(17(20)23)21(16(22)10-25-18)11-7-8-15(24-2)13(19)9-11/h3-9H,10H2,1-2H3/t18-/m0/s1. The van der Waals surface area contributed by atoms with Crippen molar-refractivity contribution in [2.24, 2.45) is 0 Å². The van der Waals surface area contributed by atoms with Gasteiger partial charge in [0.25, 0.3) is 5.91 Å². The van der Waals surface area contributed by atoms with E-state index in [-0.39, 0.29) is 17.6 Å². The van der Waals surface area contributed by atoms with E-state index in [0.717, 1.165) is 11.3 Å². The van der Waals surface area contributed by atoms with Crippen molar-refractivity contribution in [3.05, 3.63) is 53.1 Å². The van der Waals surface area contributed by atoms with E-state index in [4.69, 9.17) is 16.3 Å². The molecule has 0 radical (unpaired) electrons. The van der Waals surface area contributed by atoms with Gasteiger partial charge in [-0.3, -0.25) is 14.5 Å². The molecule has 2 aromatic rings. The highest BCUT2D eigenvalue weighted by Gasteiger charge is 2.60. The fraction of sp³-hybridized carbons (Fsp3) is 0.222. The van der Waals surface area contributed by atoms with Crippen molar-refractivity contribution in [2.75, 3.05) is 29.7 Å². The van der Waals surface area contributed by atoms with E-state index in [1.165, 1.54) is 18.9 Å². The molecule has 0 bridgehead atoms. The van der Waals surface area contributed by atoms with E-state index in [2.05, 4.69) is 0 Å². The Morgan fingerprint density at radius 2 is 1.96 bits per heavy atom. The van der Waals surface area contributed by atoms with Gasteiger partial charge in [-0.15, -0.1) is 11.8 Å². The number of amides is 2. The number of benzene rings is 2. The fourth-order valence-corrected chi connectivity index (χ4v) is 5.09. The highest BCUT2D eigenvalue weighted by molar-refractivity contribution is 8.02. The number of hydrogen-bond acceptors (Lipinski definition) is 4. The van der Waals surface area contributed by atoms with Gasteiger partial charge < -0.3 is 9.64 Å². The lowest BCUT2D eigenvalue weighted by molar-refractivity contribution is -0.123. The third-order valence-electron chi connectivity index (χ3n) is 4.59. The summed E-state index contributed by atoms with van der Waals surface area (Å²) >= 11 is 7.60. The van der Waals surface area contributed by atoms with Crippen LogP contribution in [0.1, 0.15) is 5.56 Å². The quantitative estimate of drug-likeness (QED) is 0.809. The number of carbonyl (C=O) groups is 2. The third-order valence-corrected chi connectivity index (χ3v) is 6.27. The molecule has 0 aliphatic carbocycles. The van der Waals surface area contributed by atoms with Crippen molar-refractivity contribution >= 4 is 46.6 Å². The molecule has 128 valence electrons. The van der Waals surface area contributed by atoms with Crippen molar-refractivity contribution in [3.8, 4) is 5.75 Å². The number of nitrogens with zero attached hydrogens (tertiary/aromatic N) is 2. The largest absolute Gasteiger partial charge is 0.495 e. The zero-order chi connectivity index (χ0) is 17.8. The van der Waals surface area contributed by atoms with Crippen LogP contribution in [0.5, 0.6) is 5.75 Å². The van der Waals surface area contributed by atoms with E-state index in [1.54, 1.807) is 35.0 Å². The lowest BCUT2D eigenvalue weighted by Gasteiger charge is -2.33. The molecular formula is C18H15ClN2O3S. The number of thioether (sulfide) groups is 1. The molecule has 5 nitrogen and oxygen atoms in total. The first-order valence-corrected chi connectivity index (χ1v) is 9.05. The van der Waals surface area contributed by atoms with Crippen LogP contribution in [0, 0.1) is 0 Å². The molecule has 2 amide bonds. The summed E-state index contributed by atoms with van der Waals surface area (Å²) in [4.78, 5) is 28.0. The Morgan fingerprint density at radius 3 is 2.68 bits per heavy atom. The number of rotatable bonds is 2. The van der Waals surface area contributed by atoms with Gasteiger partial charge in [-0.05, 0) is 24.3 Å². The minimum Gasteiger partial charge on any atom is -0.495 e. The second kappa shape index (κ2) is 5.68. The fourth-order valence-electron chi connectivity index (χ4n) is 3.45. The van der Waals surface area contributed by atoms with Gasteiger partial charge in [0.15, 0.2) is 0 Å². The first kappa shape index (κ1) is 16.3. The number of ether oxygens (including phenoxy) is 1. The van der Waals surface area contributed by atoms with Crippen molar-refractivity contribution in [1.29, 1.82) is 0 Å². The summed E-state index contributed by atoms with van der Waals surface area (Å²) in [5, 5.41) is 0.395. The van der Waals surface area contributed by atoms with E-state index < -0.39 is 4.87 Å². The molecule has 0 aromatic heterocycles. The van der Waals surface area contributed by atoms with E-state index in [0.29, 0.717) is 16.5 Å². The van der Waals surface area contributed by atoms with Crippen molar-refractivity contribution in [2.45, 2.75) is 4.87 Å². The van der Waals surface area contributed by atoms with Gasteiger partial charge in [0.1, 0.15) is 5.75 Å². The monoisotopic (exact) mass is 374 g/mol. The van der Waals surface area contributed by atoms with E-state index in [1.807, 2.05) is 24.3 Å². The van der Waals surface area contributed by atoms with Crippen molar-refractivity contribution < 1.29 is 14.3 Å². The molecule has 4 rings (SSSR count). The molecule has 7 heteroatoms. The Bertz CT molecular complexity index is 904.